The van der Waals surface area contributed by atoms with Gasteiger partial charge in [0.05, 0.1) is 18.6 Å². The van der Waals surface area contributed by atoms with Crippen molar-refractivity contribution < 1.29 is 14.3 Å². The monoisotopic (exact) mass is 200 g/mol. The van der Waals surface area contributed by atoms with Gasteiger partial charge in [0.2, 0.25) is 0 Å². The lowest BCUT2D eigenvalue weighted by molar-refractivity contribution is -0.153. The molecule has 1 aliphatic rings. The maximum Gasteiger partial charge on any atom is 0.311 e. The van der Waals surface area contributed by atoms with Gasteiger partial charge >= 0.3 is 5.97 Å². The third kappa shape index (κ3) is 2.98. The van der Waals surface area contributed by atoms with E-state index in [9.17, 15) is 4.79 Å². The molecule has 0 aliphatic carbocycles. The maximum absolute atomic E-state index is 11.4. The molecular formula is C11H20O3. The van der Waals surface area contributed by atoms with Crippen molar-refractivity contribution in [2.45, 2.75) is 45.6 Å². The van der Waals surface area contributed by atoms with Crippen molar-refractivity contribution in [3.8, 4) is 0 Å². The van der Waals surface area contributed by atoms with Crippen LogP contribution in [0.1, 0.15) is 39.5 Å². The molecule has 14 heavy (non-hydrogen) atoms. The lowest BCUT2D eigenvalue weighted by Gasteiger charge is -2.29. The quantitative estimate of drug-likeness (QED) is 0.655. The van der Waals surface area contributed by atoms with Gasteiger partial charge in [0, 0.05) is 6.61 Å². The van der Waals surface area contributed by atoms with Crippen molar-refractivity contribution in [1.29, 1.82) is 0 Å². The Morgan fingerprint density at radius 3 is 2.71 bits per heavy atom. The summed E-state index contributed by atoms with van der Waals surface area (Å²) in [7, 11) is 1.44. The average Bonchev–Trinajstić information content (AvgIpc) is 2.17. The molecule has 1 atom stereocenters. The van der Waals surface area contributed by atoms with E-state index in [0.717, 1.165) is 25.9 Å². The third-order valence-electron chi connectivity index (χ3n) is 2.75. The van der Waals surface area contributed by atoms with E-state index in [1.54, 1.807) is 0 Å². The SMILES string of the molecule is COC(=O)C(C)(C)C[C@@H]1CCCCO1. The zero-order valence-corrected chi connectivity index (χ0v) is 9.34. The van der Waals surface area contributed by atoms with E-state index in [2.05, 4.69) is 0 Å². The standard InChI is InChI=1S/C11H20O3/c1-11(2,10(12)13-3)8-9-6-4-5-7-14-9/h9H,4-8H2,1-3H3/t9-/m0/s1. The number of ether oxygens (including phenoxy) is 2. The number of rotatable bonds is 3. The van der Waals surface area contributed by atoms with Gasteiger partial charge in [-0.25, -0.2) is 0 Å². The molecule has 0 aromatic carbocycles. The molecule has 1 saturated heterocycles. The van der Waals surface area contributed by atoms with Crippen LogP contribution in [0.15, 0.2) is 0 Å². The molecule has 0 unspecified atom stereocenters. The molecule has 0 spiro atoms. The fourth-order valence-electron chi connectivity index (χ4n) is 1.90. The fourth-order valence-corrected chi connectivity index (χ4v) is 1.90. The maximum atomic E-state index is 11.4. The highest BCUT2D eigenvalue weighted by Crippen LogP contribution is 2.29. The first kappa shape index (κ1) is 11.5. The zero-order valence-electron chi connectivity index (χ0n) is 9.34. The lowest BCUT2D eigenvalue weighted by Crippen LogP contribution is -2.32. The van der Waals surface area contributed by atoms with E-state index in [0.29, 0.717) is 0 Å². The van der Waals surface area contributed by atoms with Crippen LogP contribution in [-0.4, -0.2) is 25.8 Å². The van der Waals surface area contributed by atoms with E-state index >= 15 is 0 Å². The van der Waals surface area contributed by atoms with Crippen molar-refractivity contribution in [3.63, 3.8) is 0 Å². The summed E-state index contributed by atoms with van der Waals surface area (Å²) in [6.07, 6.45) is 4.43. The van der Waals surface area contributed by atoms with Gasteiger partial charge in [-0.2, -0.15) is 0 Å². The fraction of sp³-hybridized carbons (Fsp3) is 0.909. The van der Waals surface area contributed by atoms with E-state index < -0.39 is 5.41 Å². The molecule has 3 heteroatoms. The Morgan fingerprint density at radius 2 is 2.21 bits per heavy atom. The summed E-state index contributed by atoms with van der Waals surface area (Å²) >= 11 is 0. The van der Waals surface area contributed by atoms with E-state index in [-0.39, 0.29) is 12.1 Å². The van der Waals surface area contributed by atoms with Gasteiger partial charge in [-0.05, 0) is 39.5 Å². The summed E-state index contributed by atoms with van der Waals surface area (Å²) in [6, 6.07) is 0. The first-order valence-electron chi connectivity index (χ1n) is 5.26. The minimum absolute atomic E-state index is 0.147. The van der Waals surface area contributed by atoms with E-state index in [1.165, 1.54) is 13.5 Å². The van der Waals surface area contributed by atoms with Gasteiger partial charge < -0.3 is 9.47 Å². The number of hydrogen-bond acceptors (Lipinski definition) is 3. The van der Waals surface area contributed by atoms with Crippen LogP contribution < -0.4 is 0 Å². The van der Waals surface area contributed by atoms with Crippen molar-refractivity contribution in [2.75, 3.05) is 13.7 Å². The van der Waals surface area contributed by atoms with Crippen molar-refractivity contribution >= 4 is 5.97 Å². The predicted molar refractivity (Wildman–Crippen MR) is 54.0 cm³/mol. The van der Waals surface area contributed by atoms with Crippen LogP contribution in [0.5, 0.6) is 0 Å². The molecule has 1 rings (SSSR count). The lowest BCUT2D eigenvalue weighted by atomic mass is 9.85. The first-order chi connectivity index (χ1) is 6.56. The molecule has 0 N–H and O–H groups in total. The molecule has 1 aliphatic heterocycles. The van der Waals surface area contributed by atoms with Gasteiger partial charge in [0.15, 0.2) is 0 Å². The number of esters is 1. The van der Waals surface area contributed by atoms with Crippen LogP contribution in [0.3, 0.4) is 0 Å². The summed E-state index contributed by atoms with van der Waals surface area (Å²) in [6.45, 7) is 4.66. The van der Waals surface area contributed by atoms with Crippen LogP contribution in [0.4, 0.5) is 0 Å². The molecule has 0 amide bonds. The highest BCUT2D eigenvalue weighted by molar-refractivity contribution is 5.75. The second kappa shape index (κ2) is 4.78. The molecule has 0 bridgehead atoms. The zero-order chi connectivity index (χ0) is 10.6. The number of carbonyl (C=O) groups excluding carboxylic acids is 1. The second-order valence-electron chi connectivity index (χ2n) is 4.57. The molecule has 1 heterocycles. The Balaban J connectivity index is 2.44. The smallest absolute Gasteiger partial charge is 0.311 e. The molecule has 0 saturated carbocycles. The predicted octanol–water partition coefficient (Wildman–Crippen LogP) is 2.14. The Bertz CT molecular complexity index is 193. The average molecular weight is 200 g/mol. The summed E-state index contributed by atoms with van der Waals surface area (Å²) in [5.74, 6) is -0.147. The summed E-state index contributed by atoms with van der Waals surface area (Å²) in [5.41, 5.74) is -0.420. The van der Waals surface area contributed by atoms with E-state index in [1.807, 2.05) is 13.8 Å². The van der Waals surface area contributed by atoms with Crippen LogP contribution in [0.2, 0.25) is 0 Å². The molecule has 0 aromatic heterocycles. The Hall–Kier alpha value is -0.570. The molecule has 0 aromatic rings. The van der Waals surface area contributed by atoms with E-state index in [4.69, 9.17) is 9.47 Å². The number of carbonyl (C=O) groups is 1. The molecule has 3 nitrogen and oxygen atoms in total. The van der Waals surface area contributed by atoms with Crippen LogP contribution in [0.25, 0.3) is 0 Å². The Morgan fingerprint density at radius 1 is 1.50 bits per heavy atom. The highest BCUT2D eigenvalue weighted by Gasteiger charge is 2.32. The molecule has 1 fully saturated rings. The van der Waals surface area contributed by atoms with Crippen molar-refractivity contribution in [3.05, 3.63) is 0 Å². The van der Waals surface area contributed by atoms with Crippen molar-refractivity contribution in [2.24, 2.45) is 5.41 Å². The summed E-state index contributed by atoms with van der Waals surface area (Å²) in [4.78, 5) is 11.4. The second-order valence-corrected chi connectivity index (χ2v) is 4.57. The van der Waals surface area contributed by atoms with Gasteiger partial charge in [-0.3, -0.25) is 4.79 Å². The van der Waals surface area contributed by atoms with Crippen LogP contribution >= 0.6 is 0 Å². The highest BCUT2D eigenvalue weighted by atomic mass is 16.5. The number of hydrogen-bond donors (Lipinski definition) is 0. The minimum Gasteiger partial charge on any atom is -0.469 e. The van der Waals surface area contributed by atoms with Crippen LogP contribution in [0, 0.1) is 5.41 Å². The van der Waals surface area contributed by atoms with Gasteiger partial charge in [0.25, 0.3) is 0 Å². The molecule has 82 valence electrons. The Kier molecular flexibility index (Phi) is 3.93. The van der Waals surface area contributed by atoms with Gasteiger partial charge in [-0.1, -0.05) is 0 Å². The number of methoxy groups -OCH3 is 1. The summed E-state index contributed by atoms with van der Waals surface area (Å²) in [5, 5.41) is 0. The normalized spacial score (nSPS) is 23.2. The summed E-state index contributed by atoms with van der Waals surface area (Å²) < 4.78 is 10.4. The largest absolute Gasteiger partial charge is 0.469 e. The Labute approximate surface area is 85.8 Å². The minimum atomic E-state index is -0.420. The third-order valence-corrected chi connectivity index (χ3v) is 2.75. The van der Waals surface area contributed by atoms with Crippen molar-refractivity contribution in [1.82, 2.24) is 0 Å². The van der Waals surface area contributed by atoms with Gasteiger partial charge in [0.1, 0.15) is 0 Å². The van der Waals surface area contributed by atoms with Gasteiger partial charge in [-0.15, -0.1) is 0 Å². The molecule has 0 radical (unpaired) electrons. The first-order valence-corrected chi connectivity index (χ1v) is 5.26. The topological polar surface area (TPSA) is 35.5 Å². The van der Waals surface area contributed by atoms with Crippen LogP contribution in [-0.2, 0) is 14.3 Å². The molecular weight excluding hydrogens is 180 g/mol.